The molecule has 1 aliphatic heterocycles. The van der Waals surface area contributed by atoms with Gasteiger partial charge in [-0.1, -0.05) is 12.1 Å². The molecule has 23 heavy (non-hydrogen) atoms. The second-order valence-corrected chi connectivity index (χ2v) is 6.45. The number of aryl methyl sites for hydroxylation is 2. The van der Waals surface area contributed by atoms with Gasteiger partial charge in [-0.15, -0.1) is 0 Å². The molecule has 1 heterocycles. The van der Waals surface area contributed by atoms with Crippen LogP contribution >= 0.6 is 0 Å². The average molecular weight is 308 g/mol. The molecule has 1 fully saturated rings. The van der Waals surface area contributed by atoms with E-state index in [4.69, 9.17) is 5.73 Å². The fraction of sp³-hybridized carbons (Fsp3) is 0.350. The fourth-order valence-corrected chi connectivity index (χ4v) is 3.17. The lowest BCUT2D eigenvalue weighted by molar-refractivity contribution is 0.103. The minimum Gasteiger partial charge on any atom is -0.397 e. The molecule has 0 amide bonds. The zero-order chi connectivity index (χ0) is 16.4. The van der Waals surface area contributed by atoms with Crippen molar-refractivity contribution in [3.8, 4) is 0 Å². The summed E-state index contributed by atoms with van der Waals surface area (Å²) in [5.74, 6) is 0.0324. The van der Waals surface area contributed by atoms with Gasteiger partial charge in [-0.3, -0.25) is 4.79 Å². The maximum absolute atomic E-state index is 12.7. The van der Waals surface area contributed by atoms with Crippen molar-refractivity contribution >= 4 is 17.2 Å². The summed E-state index contributed by atoms with van der Waals surface area (Å²) < 4.78 is 0. The minimum atomic E-state index is 0.0324. The molecule has 0 aromatic heterocycles. The number of hydrogen-bond donors (Lipinski definition) is 1. The van der Waals surface area contributed by atoms with Gasteiger partial charge < -0.3 is 10.6 Å². The highest BCUT2D eigenvalue weighted by atomic mass is 16.1. The van der Waals surface area contributed by atoms with Gasteiger partial charge in [0.1, 0.15) is 0 Å². The predicted molar refractivity (Wildman–Crippen MR) is 96.3 cm³/mol. The summed E-state index contributed by atoms with van der Waals surface area (Å²) in [6, 6.07) is 11.5. The van der Waals surface area contributed by atoms with Crippen LogP contribution in [-0.4, -0.2) is 18.9 Å². The molecule has 120 valence electrons. The van der Waals surface area contributed by atoms with E-state index in [1.807, 2.05) is 43.3 Å². The van der Waals surface area contributed by atoms with E-state index in [-0.39, 0.29) is 5.78 Å². The molecule has 0 radical (unpaired) electrons. The van der Waals surface area contributed by atoms with Gasteiger partial charge in [-0.25, -0.2) is 0 Å². The lowest BCUT2D eigenvalue weighted by Gasteiger charge is -2.30. The Bertz CT molecular complexity index is 730. The van der Waals surface area contributed by atoms with Crippen LogP contribution in [0.5, 0.6) is 0 Å². The van der Waals surface area contributed by atoms with Crippen molar-refractivity contribution in [1.82, 2.24) is 0 Å². The summed E-state index contributed by atoms with van der Waals surface area (Å²) in [7, 11) is 0. The average Bonchev–Trinajstić information content (AvgIpc) is 2.57. The summed E-state index contributed by atoms with van der Waals surface area (Å²) in [4.78, 5) is 15.0. The van der Waals surface area contributed by atoms with Gasteiger partial charge in [0.2, 0.25) is 0 Å². The van der Waals surface area contributed by atoms with E-state index in [1.165, 1.54) is 24.8 Å². The van der Waals surface area contributed by atoms with Gasteiger partial charge >= 0.3 is 0 Å². The molecule has 2 aromatic carbocycles. The van der Waals surface area contributed by atoms with Crippen LogP contribution in [0.4, 0.5) is 11.4 Å². The minimum absolute atomic E-state index is 0.0324. The highest BCUT2D eigenvalue weighted by Gasteiger charge is 2.16. The number of nitrogens with two attached hydrogens (primary N) is 1. The first-order valence-corrected chi connectivity index (χ1v) is 8.32. The Kier molecular flexibility index (Phi) is 4.37. The molecule has 0 atom stereocenters. The van der Waals surface area contributed by atoms with E-state index in [0.717, 1.165) is 29.9 Å². The van der Waals surface area contributed by atoms with Crippen molar-refractivity contribution < 1.29 is 4.79 Å². The number of rotatable bonds is 3. The third-order valence-electron chi connectivity index (χ3n) is 4.76. The maximum atomic E-state index is 12.7. The van der Waals surface area contributed by atoms with Crippen LogP contribution in [0.2, 0.25) is 0 Å². The highest BCUT2D eigenvalue weighted by molar-refractivity contribution is 6.10. The lowest BCUT2D eigenvalue weighted by atomic mass is 9.98. The van der Waals surface area contributed by atoms with Crippen molar-refractivity contribution in [3.05, 3.63) is 58.7 Å². The number of nitrogens with zero attached hydrogens (tertiary/aromatic N) is 1. The summed E-state index contributed by atoms with van der Waals surface area (Å²) in [5.41, 5.74) is 11.7. The monoisotopic (exact) mass is 308 g/mol. The van der Waals surface area contributed by atoms with Gasteiger partial charge in [-0.05, 0) is 68.5 Å². The van der Waals surface area contributed by atoms with Crippen LogP contribution in [0.25, 0.3) is 0 Å². The van der Waals surface area contributed by atoms with Gasteiger partial charge in [0.15, 0.2) is 5.78 Å². The van der Waals surface area contributed by atoms with Crippen LogP contribution in [0.3, 0.4) is 0 Å². The second kappa shape index (κ2) is 6.45. The number of hydrogen-bond acceptors (Lipinski definition) is 3. The molecule has 1 aliphatic rings. The Morgan fingerprint density at radius 3 is 2.22 bits per heavy atom. The Balaban J connectivity index is 1.86. The first-order valence-electron chi connectivity index (χ1n) is 8.32. The predicted octanol–water partition coefficient (Wildman–Crippen LogP) is 4.11. The number of benzene rings is 2. The largest absolute Gasteiger partial charge is 0.397 e. The fourth-order valence-electron chi connectivity index (χ4n) is 3.17. The van der Waals surface area contributed by atoms with Gasteiger partial charge in [0.25, 0.3) is 0 Å². The van der Waals surface area contributed by atoms with E-state index in [9.17, 15) is 4.79 Å². The third kappa shape index (κ3) is 3.24. The SMILES string of the molecule is Cc1ccc(C(=O)c2ccc(N3CCCCC3)c(N)c2)cc1C. The smallest absolute Gasteiger partial charge is 0.193 e. The van der Waals surface area contributed by atoms with Crippen LogP contribution in [-0.2, 0) is 0 Å². The molecule has 0 unspecified atom stereocenters. The maximum Gasteiger partial charge on any atom is 0.193 e. The number of carbonyl (C=O) groups is 1. The summed E-state index contributed by atoms with van der Waals surface area (Å²) in [5, 5.41) is 0. The molecular formula is C20H24N2O. The molecule has 2 N–H and O–H groups in total. The number of ketones is 1. The molecule has 0 spiro atoms. The molecule has 0 bridgehead atoms. The second-order valence-electron chi connectivity index (χ2n) is 6.45. The lowest BCUT2D eigenvalue weighted by Crippen LogP contribution is -2.30. The molecule has 3 heteroatoms. The van der Waals surface area contributed by atoms with E-state index in [0.29, 0.717) is 11.3 Å². The van der Waals surface area contributed by atoms with E-state index in [2.05, 4.69) is 11.8 Å². The van der Waals surface area contributed by atoms with Crippen LogP contribution in [0.15, 0.2) is 36.4 Å². The van der Waals surface area contributed by atoms with Gasteiger partial charge in [0, 0.05) is 24.2 Å². The van der Waals surface area contributed by atoms with Crippen molar-refractivity contribution in [2.24, 2.45) is 0 Å². The molecule has 3 nitrogen and oxygen atoms in total. The summed E-state index contributed by atoms with van der Waals surface area (Å²) in [6.07, 6.45) is 3.71. The number of nitrogen functional groups attached to an aromatic ring is 1. The van der Waals surface area contributed by atoms with Crippen molar-refractivity contribution in [1.29, 1.82) is 0 Å². The quantitative estimate of drug-likeness (QED) is 0.685. The number of piperidine rings is 1. The van der Waals surface area contributed by atoms with E-state index < -0.39 is 0 Å². The van der Waals surface area contributed by atoms with Crippen LogP contribution < -0.4 is 10.6 Å². The van der Waals surface area contributed by atoms with E-state index in [1.54, 1.807) is 0 Å². The Labute approximate surface area is 138 Å². The van der Waals surface area contributed by atoms with Gasteiger partial charge in [-0.2, -0.15) is 0 Å². The number of anilines is 2. The normalized spacial score (nSPS) is 14.8. The summed E-state index contributed by atoms with van der Waals surface area (Å²) >= 11 is 0. The molecular weight excluding hydrogens is 284 g/mol. The van der Waals surface area contributed by atoms with Crippen molar-refractivity contribution in [2.75, 3.05) is 23.7 Å². The van der Waals surface area contributed by atoms with E-state index >= 15 is 0 Å². The van der Waals surface area contributed by atoms with Gasteiger partial charge in [0.05, 0.1) is 11.4 Å². The van der Waals surface area contributed by atoms with Crippen molar-refractivity contribution in [3.63, 3.8) is 0 Å². The number of carbonyl (C=O) groups excluding carboxylic acids is 1. The Morgan fingerprint density at radius 2 is 1.57 bits per heavy atom. The highest BCUT2D eigenvalue weighted by Crippen LogP contribution is 2.28. The molecule has 3 rings (SSSR count). The van der Waals surface area contributed by atoms with Crippen molar-refractivity contribution in [2.45, 2.75) is 33.1 Å². The Morgan fingerprint density at radius 1 is 0.913 bits per heavy atom. The standard InChI is InChI=1S/C20H24N2O/c1-14-6-7-16(12-15(14)2)20(23)17-8-9-19(18(21)13-17)22-10-4-3-5-11-22/h6-9,12-13H,3-5,10-11,21H2,1-2H3. The molecule has 1 saturated heterocycles. The molecule has 2 aromatic rings. The zero-order valence-corrected chi connectivity index (χ0v) is 13.9. The first kappa shape index (κ1) is 15.6. The first-order chi connectivity index (χ1) is 11.1. The topological polar surface area (TPSA) is 46.3 Å². The van der Waals surface area contributed by atoms with Crippen LogP contribution in [0.1, 0.15) is 46.3 Å². The zero-order valence-electron chi connectivity index (χ0n) is 13.9. The molecule has 0 saturated carbocycles. The van der Waals surface area contributed by atoms with Crippen LogP contribution in [0, 0.1) is 13.8 Å². The Hall–Kier alpha value is -2.29. The third-order valence-corrected chi connectivity index (χ3v) is 4.76. The summed E-state index contributed by atoms with van der Waals surface area (Å²) in [6.45, 7) is 6.18. The molecule has 0 aliphatic carbocycles.